The van der Waals surface area contributed by atoms with E-state index >= 15 is 0 Å². The molecular weight excluding hydrogens is 345 g/mol. The van der Waals surface area contributed by atoms with Crippen LogP contribution in [-0.2, 0) is 11.3 Å². The molecule has 3 N–H and O–H groups in total. The van der Waals surface area contributed by atoms with Gasteiger partial charge in [-0.2, -0.15) is 0 Å². The summed E-state index contributed by atoms with van der Waals surface area (Å²) in [5.41, 5.74) is -0.799. The number of aliphatic hydroxyl groups is 1. The van der Waals surface area contributed by atoms with Crippen molar-refractivity contribution in [2.24, 2.45) is 0 Å². The van der Waals surface area contributed by atoms with Crippen LogP contribution in [0.1, 0.15) is 11.8 Å². The fourth-order valence-electron chi connectivity index (χ4n) is 1.78. The first-order valence-corrected chi connectivity index (χ1v) is 8.07. The van der Waals surface area contributed by atoms with Gasteiger partial charge in [-0.25, -0.2) is 4.79 Å². The number of hydrogen-bond donors (Lipinski definition) is 3. The van der Waals surface area contributed by atoms with Gasteiger partial charge >= 0.3 is 5.97 Å². The van der Waals surface area contributed by atoms with Crippen LogP contribution in [0.25, 0.3) is 10.4 Å². The van der Waals surface area contributed by atoms with Gasteiger partial charge in [0.15, 0.2) is 5.60 Å². The Morgan fingerprint density at radius 1 is 1.27 bits per heavy atom. The molecule has 0 saturated heterocycles. The number of nitrogens with one attached hydrogen (secondary N) is 1. The molecule has 7 heteroatoms. The zero-order chi connectivity index (χ0) is 16.3. The van der Waals surface area contributed by atoms with Crippen molar-refractivity contribution in [3.8, 4) is 10.4 Å². The second-order valence-electron chi connectivity index (χ2n) is 5.08. The largest absolute Gasteiger partial charge is 0.479 e. The molecule has 0 saturated carbocycles. The minimum absolute atomic E-state index is 0.0255. The number of aliphatic carboxylic acids is 1. The first-order chi connectivity index (χ1) is 10.3. The Labute approximate surface area is 142 Å². The van der Waals surface area contributed by atoms with Crippen LogP contribution < -0.4 is 5.32 Å². The maximum atomic E-state index is 10.8. The van der Waals surface area contributed by atoms with Crippen LogP contribution in [0, 0.1) is 0 Å². The van der Waals surface area contributed by atoms with E-state index in [-0.39, 0.29) is 6.54 Å². The first kappa shape index (κ1) is 17.2. The summed E-state index contributed by atoms with van der Waals surface area (Å²) in [4.78, 5) is 12.9. The fourth-order valence-corrected chi connectivity index (χ4v) is 3.05. The van der Waals surface area contributed by atoms with E-state index in [1.54, 1.807) is 17.4 Å². The Morgan fingerprint density at radius 2 is 2.00 bits per heavy atom. The van der Waals surface area contributed by atoms with E-state index in [4.69, 9.17) is 28.3 Å². The second-order valence-corrected chi connectivity index (χ2v) is 7.06. The van der Waals surface area contributed by atoms with Crippen LogP contribution >= 0.6 is 34.5 Å². The van der Waals surface area contributed by atoms with E-state index in [1.807, 2.05) is 24.3 Å². The van der Waals surface area contributed by atoms with Crippen LogP contribution in [-0.4, -0.2) is 28.3 Å². The summed E-state index contributed by atoms with van der Waals surface area (Å²) in [5, 5.41) is 22.4. The van der Waals surface area contributed by atoms with Crippen molar-refractivity contribution < 1.29 is 15.0 Å². The SMILES string of the molecule is CC(O)(CNCc1ccc(-c2ccc(Cl)c(Cl)c2)s1)C(=O)O. The quantitative estimate of drug-likeness (QED) is 0.736. The molecule has 0 radical (unpaired) electrons. The third-order valence-corrected chi connectivity index (χ3v) is 4.97. The highest BCUT2D eigenvalue weighted by molar-refractivity contribution is 7.15. The molecule has 0 amide bonds. The molecule has 1 atom stereocenters. The standard InChI is InChI=1S/C15H15Cl2NO3S/c1-15(21,14(19)20)8-18-7-10-3-5-13(22-10)9-2-4-11(16)12(17)6-9/h2-6,18,21H,7-8H2,1H3,(H,19,20). The van der Waals surface area contributed by atoms with Crippen LogP contribution in [0.4, 0.5) is 0 Å². The van der Waals surface area contributed by atoms with Crippen molar-refractivity contribution in [2.45, 2.75) is 19.1 Å². The maximum Gasteiger partial charge on any atom is 0.336 e. The van der Waals surface area contributed by atoms with Crippen LogP contribution in [0.15, 0.2) is 30.3 Å². The molecule has 118 valence electrons. The van der Waals surface area contributed by atoms with Crippen LogP contribution in [0.5, 0.6) is 0 Å². The molecule has 22 heavy (non-hydrogen) atoms. The Bertz CT molecular complexity index is 685. The highest BCUT2D eigenvalue weighted by Gasteiger charge is 2.29. The highest BCUT2D eigenvalue weighted by Crippen LogP contribution is 2.32. The van der Waals surface area contributed by atoms with Gasteiger partial charge in [0, 0.05) is 22.8 Å². The molecule has 0 bridgehead atoms. The molecule has 0 spiro atoms. The zero-order valence-corrected chi connectivity index (χ0v) is 14.1. The molecule has 1 aromatic heterocycles. The van der Waals surface area contributed by atoms with E-state index in [0.717, 1.165) is 15.3 Å². The lowest BCUT2D eigenvalue weighted by atomic mass is 10.1. The van der Waals surface area contributed by atoms with Crippen molar-refractivity contribution in [1.82, 2.24) is 5.32 Å². The van der Waals surface area contributed by atoms with Gasteiger partial charge in [-0.3, -0.25) is 0 Å². The second kappa shape index (κ2) is 6.98. The number of benzene rings is 1. The van der Waals surface area contributed by atoms with Gasteiger partial charge in [-0.15, -0.1) is 11.3 Å². The molecule has 0 aliphatic carbocycles. The number of carboxylic acids is 1. The van der Waals surface area contributed by atoms with Gasteiger partial charge in [0.1, 0.15) is 0 Å². The Morgan fingerprint density at radius 3 is 2.64 bits per heavy atom. The highest BCUT2D eigenvalue weighted by atomic mass is 35.5. The summed E-state index contributed by atoms with van der Waals surface area (Å²) in [6.07, 6.45) is 0. The van der Waals surface area contributed by atoms with Crippen molar-refractivity contribution in [1.29, 1.82) is 0 Å². The Balaban J connectivity index is 2.00. The normalized spacial score (nSPS) is 13.8. The number of halogens is 2. The molecule has 2 aromatic rings. The Hall–Kier alpha value is -1.11. The third kappa shape index (κ3) is 4.21. The van der Waals surface area contributed by atoms with E-state index < -0.39 is 11.6 Å². The average molecular weight is 360 g/mol. The maximum absolute atomic E-state index is 10.8. The lowest BCUT2D eigenvalue weighted by Crippen LogP contribution is -2.44. The van der Waals surface area contributed by atoms with Gasteiger partial charge < -0.3 is 15.5 Å². The number of rotatable bonds is 6. The number of thiophene rings is 1. The van der Waals surface area contributed by atoms with Gasteiger partial charge in [-0.05, 0) is 36.8 Å². The monoisotopic (exact) mass is 359 g/mol. The van der Waals surface area contributed by atoms with E-state index in [1.165, 1.54) is 6.92 Å². The lowest BCUT2D eigenvalue weighted by Gasteiger charge is -2.17. The predicted octanol–water partition coefficient (Wildman–Crippen LogP) is 3.65. The first-order valence-electron chi connectivity index (χ1n) is 6.50. The zero-order valence-electron chi connectivity index (χ0n) is 11.8. The Kier molecular flexibility index (Phi) is 5.47. The van der Waals surface area contributed by atoms with Crippen molar-refractivity contribution in [3.63, 3.8) is 0 Å². The van der Waals surface area contributed by atoms with Gasteiger partial charge in [0.25, 0.3) is 0 Å². The van der Waals surface area contributed by atoms with Gasteiger partial charge in [-0.1, -0.05) is 29.3 Å². The number of hydrogen-bond acceptors (Lipinski definition) is 4. The summed E-state index contributed by atoms with van der Waals surface area (Å²) >= 11 is 13.5. The van der Waals surface area contributed by atoms with Crippen LogP contribution in [0.3, 0.4) is 0 Å². The molecule has 1 unspecified atom stereocenters. The summed E-state index contributed by atoms with van der Waals surface area (Å²) in [5.74, 6) is -1.25. The van der Waals surface area contributed by atoms with E-state index in [9.17, 15) is 9.90 Å². The lowest BCUT2D eigenvalue weighted by molar-refractivity contribution is -0.156. The van der Waals surface area contributed by atoms with Gasteiger partial charge in [0.2, 0.25) is 0 Å². The average Bonchev–Trinajstić information content (AvgIpc) is 2.90. The third-order valence-electron chi connectivity index (χ3n) is 3.09. The number of carboxylic acid groups (broad SMARTS) is 1. The van der Waals surface area contributed by atoms with Gasteiger partial charge in [0.05, 0.1) is 10.0 Å². The fraction of sp³-hybridized carbons (Fsp3) is 0.267. The summed E-state index contributed by atoms with van der Waals surface area (Å²) < 4.78 is 0. The van der Waals surface area contributed by atoms with Crippen LogP contribution in [0.2, 0.25) is 10.0 Å². The molecule has 4 nitrogen and oxygen atoms in total. The molecule has 1 heterocycles. The van der Waals surface area contributed by atoms with E-state index in [0.29, 0.717) is 16.6 Å². The molecule has 1 aromatic carbocycles. The molecule has 0 aliphatic heterocycles. The number of carbonyl (C=O) groups is 1. The summed E-state index contributed by atoms with van der Waals surface area (Å²) in [6, 6.07) is 9.37. The van der Waals surface area contributed by atoms with Crippen molar-refractivity contribution >= 4 is 40.5 Å². The molecule has 0 fully saturated rings. The smallest absolute Gasteiger partial charge is 0.336 e. The van der Waals surface area contributed by atoms with E-state index in [2.05, 4.69) is 5.32 Å². The molecular formula is C15H15Cl2NO3S. The predicted molar refractivity (Wildman–Crippen MR) is 89.7 cm³/mol. The van der Waals surface area contributed by atoms with Crippen molar-refractivity contribution in [3.05, 3.63) is 45.3 Å². The summed E-state index contributed by atoms with van der Waals surface area (Å²) in [6.45, 7) is 1.72. The minimum Gasteiger partial charge on any atom is -0.479 e. The molecule has 0 aliphatic rings. The minimum atomic E-state index is -1.77. The van der Waals surface area contributed by atoms with Crippen molar-refractivity contribution in [2.75, 3.05) is 6.54 Å². The molecule has 2 rings (SSSR count). The topological polar surface area (TPSA) is 69.6 Å². The summed E-state index contributed by atoms with van der Waals surface area (Å²) in [7, 11) is 0.